The molecule has 0 fully saturated rings. The molecule has 0 amide bonds. The van der Waals surface area contributed by atoms with E-state index in [0.29, 0.717) is 6.61 Å². The van der Waals surface area contributed by atoms with E-state index in [9.17, 15) is 9.18 Å². The molecule has 94 valence electrons. The smallest absolute Gasteiger partial charge is 0.319 e. The summed E-state index contributed by atoms with van der Waals surface area (Å²) in [5.74, 6) is -0.487. The van der Waals surface area contributed by atoms with Crippen LogP contribution in [0, 0.1) is 5.82 Å². The molecule has 1 aromatic rings. The second-order valence-corrected chi connectivity index (χ2v) is 3.92. The highest BCUT2D eigenvalue weighted by Crippen LogP contribution is 2.05. The van der Waals surface area contributed by atoms with Crippen molar-refractivity contribution in [3.05, 3.63) is 35.6 Å². The lowest BCUT2D eigenvalue weighted by Gasteiger charge is -2.13. The van der Waals surface area contributed by atoms with Gasteiger partial charge in [-0.15, -0.1) is 0 Å². The molecule has 3 nitrogen and oxygen atoms in total. The highest BCUT2D eigenvalue weighted by molar-refractivity contribution is 5.71. The van der Waals surface area contributed by atoms with E-state index in [1.165, 1.54) is 12.1 Å². The molecule has 1 aromatic carbocycles. The molecule has 0 spiro atoms. The number of carbonyl (C=O) groups is 1. The fraction of sp³-hybridized carbons (Fsp3) is 0.462. The third kappa shape index (κ3) is 5.45. The van der Waals surface area contributed by atoms with Gasteiger partial charge in [-0.05, 0) is 38.0 Å². The molecule has 0 radical (unpaired) electrons. The summed E-state index contributed by atoms with van der Waals surface area (Å²) in [4.78, 5) is 11.1. The van der Waals surface area contributed by atoms with Crippen LogP contribution in [0.3, 0.4) is 0 Å². The average Bonchev–Trinajstić information content (AvgIpc) is 2.30. The van der Waals surface area contributed by atoms with E-state index in [2.05, 4.69) is 5.32 Å². The van der Waals surface area contributed by atoms with Crippen LogP contribution in [-0.2, 0) is 16.0 Å². The van der Waals surface area contributed by atoms with E-state index in [1.807, 2.05) is 6.92 Å². The largest absolute Gasteiger partial charge is 0.465 e. The fourth-order valence-electron chi connectivity index (χ4n) is 1.52. The highest BCUT2D eigenvalue weighted by Gasteiger charge is 2.06. The van der Waals surface area contributed by atoms with Crippen LogP contribution in [0.2, 0.25) is 0 Å². The molecule has 1 atom stereocenters. The van der Waals surface area contributed by atoms with E-state index >= 15 is 0 Å². The minimum Gasteiger partial charge on any atom is -0.465 e. The van der Waals surface area contributed by atoms with Crippen molar-refractivity contribution in [3.8, 4) is 0 Å². The van der Waals surface area contributed by atoms with Gasteiger partial charge < -0.3 is 10.1 Å². The van der Waals surface area contributed by atoms with Crippen LogP contribution < -0.4 is 5.32 Å². The summed E-state index contributed by atoms with van der Waals surface area (Å²) in [5, 5.41) is 3.06. The molecule has 0 aliphatic rings. The normalized spacial score (nSPS) is 12.2. The first-order chi connectivity index (χ1) is 8.11. The number of benzene rings is 1. The Morgan fingerprint density at radius 2 is 2.06 bits per heavy atom. The number of rotatable bonds is 6. The third-order valence-electron chi connectivity index (χ3n) is 2.36. The Labute approximate surface area is 101 Å². The number of esters is 1. The number of ether oxygens (including phenoxy) is 1. The first-order valence-electron chi connectivity index (χ1n) is 5.75. The Morgan fingerprint density at radius 3 is 2.65 bits per heavy atom. The molecule has 0 bridgehead atoms. The maximum absolute atomic E-state index is 12.7. The maximum atomic E-state index is 12.7. The van der Waals surface area contributed by atoms with Crippen molar-refractivity contribution in [2.24, 2.45) is 0 Å². The van der Waals surface area contributed by atoms with Gasteiger partial charge in [-0.25, -0.2) is 4.39 Å². The van der Waals surface area contributed by atoms with Crippen LogP contribution in [0.4, 0.5) is 4.39 Å². The lowest BCUT2D eigenvalue weighted by Crippen LogP contribution is -2.33. The van der Waals surface area contributed by atoms with Crippen LogP contribution in [0.15, 0.2) is 24.3 Å². The van der Waals surface area contributed by atoms with E-state index in [1.54, 1.807) is 19.1 Å². The number of hydrogen-bond donors (Lipinski definition) is 1. The zero-order valence-corrected chi connectivity index (χ0v) is 10.2. The molecular weight excluding hydrogens is 221 g/mol. The monoisotopic (exact) mass is 239 g/mol. The van der Waals surface area contributed by atoms with Crippen molar-refractivity contribution in [2.45, 2.75) is 26.3 Å². The molecule has 17 heavy (non-hydrogen) atoms. The zero-order chi connectivity index (χ0) is 12.7. The van der Waals surface area contributed by atoms with Crippen molar-refractivity contribution in [1.29, 1.82) is 0 Å². The van der Waals surface area contributed by atoms with E-state index in [-0.39, 0.29) is 24.4 Å². The topological polar surface area (TPSA) is 38.3 Å². The quantitative estimate of drug-likeness (QED) is 0.771. The summed E-state index contributed by atoms with van der Waals surface area (Å²) in [6.45, 7) is 4.35. The molecule has 1 N–H and O–H groups in total. The molecular formula is C13H18FNO2. The Bertz CT molecular complexity index is 351. The van der Waals surface area contributed by atoms with Crippen LogP contribution in [-0.4, -0.2) is 25.2 Å². The Morgan fingerprint density at radius 1 is 1.41 bits per heavy atom. The highest BCUT2D eigenvalue weighted by atomic mass is 19.1. The van der Waals surface area contributed by atoms with E-state index < -0.39 is 0 Å². The van der Waals surface area contributed by atoms with Gasteiger partial charge in [0.25, 0.3) is 0 Å². The first kappa shape index (κ1) is 13.6. The van der Waals surface area contributed by atoms with Crippen molar-refractivity contribution >= 4 is 5.97 Å². The van der Waals surface area contributed by atoms with Gasteiger partial charge in [-0.1, -0.05) is 12.1 Å². The number of carbonyl (C=O) groups excluding carboxylic acids is 1. The average molecular weight is 239 g/mol. The second kappa shape index (κ2) is 7.01. The predicted octanol–water partition coefficient (Wildman–Crippen LogP) is 1.91. The van der Waals surface area contributed by atoms with Crippen LogP contribution >= 0.6 is 0 Å². The van der Waals surface area contributed by atoms with Crippen LogP contribution in [0.1, 0.15) is 19.4 Å². The maximum Gasteiger partial charge on any atom is 0.319 e. The summed E-state index contributed by atoms with van der Waals surface area (Å²) < 4.78 is 17.5. The molecule has 0 aliphatic carbocycles. The van der Waals surface area contributed by atoms with Gasteiger partial charge in [0.2, 0.25) is 0 Å². The summed E-state index contributed by atoms with van der Waals surface area (Å²) >= 11 is 0. The predicted molar refractivity (Wildman–Crippen MR) is 64.2 cm³/mol. The minimum absolute atomic E-state index is 0.143. The SMILES string of the molecule is CCOC(=O)CNC(C)Cc1ccc(F)cc1. The minimum atomic E-state index is -0.251. The fourth-order valence-corrected chi connectivity index (χ4v) is 1.52. The molecule has 0 saturated carbocycles. The van der Waals surface area contributed by atoms with Gasteiger partial charge in [0.1, 0.15) is 5.82 Å². The zero-order valence-electron chi connectivity index (χ0n) is 10.2. The first-order valence-corrected chi connectivity index (χ1v) is 5.75. The summed E-state index contributed by atoms with van der Waals surface area (Å²) in [6.07, 6.45) is 0.750. The van der Waals surface area contributed by atoms with Gasteiger partial charge >= 0.3 is 5.97 Å². The van der Waals surface area contributed by atoms with E-state index in [0.717, 1.165) is 12.0 Å². The van der Waals surface area contributed by atoms with E-state index in [4.69, 9.17) is 4.74 Å². The standard InChI is InChI=1S/C13H18FNO2/c1-3-17-13(16)9-15-10(2)8-11-4-6-12(14)7-5-11/h4-7,10,15H,3,8-9H2,1-2H3. The summed E-state index contributed by atoms with van der Waals surface area (Å²) in [6, 6.07) is 6.51. The van der Waals surface area contributed by atoms with Crippen molar-refractivity contribution in [3.63, 3.8) is 0 Å². The Balaban J connectivity index is 2.31. The molecule has 0 aliphatic heterocycles. The van der Waals surface area contributed by atoms with Gasteiger partial charge in [0, 0.05) is 6.04 Å². The third-order valence-corrected chi connectivity index (χ3v) is 2.36. The van der Waals surface area contributed by atoms with Gasteiger partial charge in [-0.3, -0.25) is 4.79 Å². The van der Waals surface area contributed by atoms with Crippen molar-refractivity contribution in [1.82, 2.24) is 5.32 Å². The van der Waals surface area contributed by atoms with Crippen LogP contribution in [0.5, 0.6) is 0 Å². The molecule has 4 heteroatoms. The number of nitrogens with one attached hydrogen (secondary N) is 1. The lowest BCUT2D eigenvalue weighted by molar-refractivity contribution is -0.142. The second-order valence-electron chi connectivity index (χ2n) is 3.92. The molecule has 1 unspecified atom stereocenters. The molecule has 0 aromatic heterocycles. The summed E-state index contributed by atoms with van der Waals surface area (Å²) in [5.41, 5.74) is 1.04. The number of hydrogen-bond acceptors (Lipinski definition) is 3. The van der Waals surface area contributed by atoms with Crippen molar-refractivity contribution in [2.75, 3.05) is 13.2 Å². The molecule has 0 heterocycles. The van der Waals surface area contributed by atoms with Crippen LogP contribution in [0.25, 0.3) is 0 Å². The summed E-state index contributed by atoms with van der Waals surface area (Å²) in [7, 11) is 0. The Hall–Kier alpha value is -1.42. The molecule has 1 rings (SSSR count). The van der Waals surface area contributed by atoms with Crippen molar-refractivity contribution < 1.29 is 13.9 Å². The Kier molecular flexibility index (Phi) is 5.63. The van der Waals surface area contributed by atoms with Gasteiger partial charge in [0.05, 0.1) is 13.2 Å². The molecule has 0 saturated heterocycles. The number of halogens is 1. The lowest BCUT2D eigenvalue weighted by atomic mass is 10.1. The van der Waals surface area contributed by atoms with Gasteiger partial charge in [0.15, 0.2) is 0 Å². The van der Waals surface area contributed by atoms with Gasteiger partial charge in [-0.2, -0.15) is 0 Å².